The largest absolute Gasteiger partial charge is 0.382 e. The fourth-order valence-corrected chi connectivity index (χ4v) is 4.89. The summed E-state index contributed by atoms with van der Waals surface area (Å²) < 4.78 is 9.45. The molecule has 0 bridgehead atoms. The van der Waals surface area contributed by atoms with E-state index in [0.717, 1.165) is 66.2 Å². The minimum Gasteiger partial charge on any atom is -0.382 e. The fraction of sp³-hybridized carbons (Fsp3) is 0.440. The SMILES string of the molecule is CCn1c(C2(O)CCC2)nc2c(N3CCOCC3)nc(-c3cccc(-c4ccn(C)n4)c3)nc21. The van der Waals surface area contributed by atoms with Gasteiger partial charge in [-0.05, 0) is 38.3 Å². The zero-order chi connectivity index (χ0) is 23.3. The molecule has 0 unspecified atom stereocenters. The van der Waals surface area contributed by atoms with Crippen LogP contribution in [0.2, 0.25) is 0 Å². The Hall–Kier alpha value is -3.30. The second-order valence-electron chi connectivity index (χ2n) is 9.16. The average Bonchev–Trinajstić information content (AvgIpc) is 3.46. The van der Waals surface area contributed by atoms with Crippen molar-refractivity contribution in [2.75, 3.05) is 31.2 Å². The highest BCUT2D eigenvalue weighted by Gasteiger charge is 2.41. The zero-order valence-corrected chi connectivity index (χ0v) is 19.6. The molecular weight excluding hydrogens is 430 g/mol. The third kappa shape index (κ3) is 3.47. The van der Waals surface area contributed by atoms with Crippen LogP contribution in [0.5, 0.6) is 0 Å². The predicted octanol–water partition coefficient (Wildman–Crippen LogP) is 3.12. The second-order valence-corrected chi connectivity index (χ2v) is 9.16. The van der Waals surface area contributed by atoms with Gasteiger partial charge in [0.15, 0.2) is 22.8 Å². The summed E-state index contributed by atoms with van der Waals surface area (Å²) in [5.74, 6) is 2.16. The van der Waals surface area contributed by atoms with E-state index in [-0.39, 0.29) is 0 Å². The van der Waals surface area contributed by atoms with Crippen LogP contribution in [0.25, 0.3) is 33.8 Å². The minimum absolute atomic E-state index is 0.647. The van der Waals surface area contributed by atoms with Gasteiger partial charge in [-0.2, -0.15) is 5.10 Å². The van der Waals surface area contributed by atoms with Crippen LogP contribution in [0.15, 0.2) is 36.5 Å². The maximum atomic E-state index is 11.2. The van der Waals surface area contributed by atoms with Crippen LogP contribution < -0.4 is 4.90 Å². The molecular formula is C25H29N7O2. The van der Waals surface area contributed by atoms with E-state index in [1.165, 1.54) is 0 Å². The van der Waals surface area contributed by atoms with Crippen molar-refractivity contribution in [3.63, 3.8) is 0 Å². The molecule has 0 amide bonds. The van der Waals surface area contributed by atoms with Crippen LogP contribution in [-0.4, -0.2) is 60.7 Å². The lowest BCUT2D eigenvalue weighted by atomic mass is 9.79. The first-order chi connectivity index (χ1) is 16.6. The molecule has 4 heterocycles. The number of fused-ring (bicyclic) bond motifs is 1. The molecule has 0 radical (unpaired) electrons. The zero-order valence-electron chi connectivity index (χ0n) is 19.6. The van der Waals surface area contributed by atoms with Gasteiger partial charge in [0.25, 0.3) is 0 Å². The van der Waals surface area contributed by atoms with Crippen molar-refractivity contribution in [1.29, 1.82) is 0 Å². The highest BCUT2D eigenvalue weighted by Crippen LogP contribution is 2.42. The molecule has 34 heavy (non-hydrogen) atoms. The van der Waals surface area contributed by atoms with E-state index in [4.69, 9.17) is 19.7 Å². The number of hydrogen-bond acceptors (Lipinski definition) is 7. The standard InChI is InChI=1S/C25H29N7O2/c1-3-32-23-20(26-24(32)25(33)9-5-10-25)22(31-12-14-34-15-13-31)27-21(28-23)18-7-4-6-17(16-18)19-8-11-30(2)29-19/h4,6-8,11,16,33H,3,5,9-10,12-15H2,1-2H3. The molecule has 9 heteroatoms. The lowest BCUT2D eigenvalue weighted by Crippen LogP contribution is -2.37. The summed E-state index contributed by atoms with van der Waals surface area (Å²) in [4.78, 5) is 17.2. The van der Waals surface area contributed by atoms with Gasteiger partial charge >= 0.3 is 0 Å². The van der Waals surface area contributed by atoms with Gasteiger partial charge in [0, 0.05) is 44.0 Å². The van der Waals surface area contributed by atoms with Crippen molar-refractivity contribution in [3.8, 4) is 22.6 Å². The summed E-state index contributed by atoms with van der Waals surface area (Å²) in [5, 5.41) is 15.7. The summed E-state index contributed by atoms with van der Waals surface area (Å²) in [6.07, 6.45) is 4.41. The lowest BCUT2D eigenvalue weighted by Gasteiger charge is -2.35. The molecule has 0 spiro atoms. The summed E-state index contributed by atoms with van der Waals surface area (Å²) in [6, 6.07) is 10.2. The van der Waals surface area contributed by atoms with E-state index in [2.05, 4.69) is 27.6 Å². The first-order valence-electron chi connectivity index (χ1n) is 12.0. The van der Waals surface area contributed by atoms with E-state index in [9.17, 15) is 5.11 Å². The van der Waals surface area contributed by atoms with Crippen molar-refractivity contribution in [1.82, 2.24) is 29.3 Å². The highest BCUT2D eigenvalue weighted by atomic mass is 16.5. The van der Waals surface area contributed by atoms with Crippen LogP contribution in [-0.2, 0) is 23.9 Å². The maximum Gasteiger partial charge on any atom is 0.166 e. The Kier molecular flexibility index (Phi) is 5.11. The van der Waals surface area contributed by atoms with Crippen molar-refractivity contribution >= 4 is 17.0 Å². The number of ether oxygens (including phenoxy) is 1. The van der Waals surface area contributed by atoms with Crippen molar-refractivity contribution < 1.29 is 9.84 Å². The topological polar surface area (TPSA) is 94.1 Å². The van der Waals surface area contributed by atoms with Gasteiger partial charge in [-0.3, -0.25) is 4.68 Å². The van der Waals surface area contributed by atoms with Gasteiger partial charge in [-0.1, -0.05) is 18.2 Å². The Labute approximate surface area is 198 Å². The molecule has 1 aliphatic carbocycles. The number of anilines is 1. The van der Waals surface area contributed by atoms with Crippen LogP contribution in [0.3, 0.4) is 0 Å². The van der Waals surface area contributed by atoms with E-state index in [1.807, 2.05) is 37.5 Å². The van der Waals surface area contributed by atoms with Crippen LogP contribution in [0, 0.1) is 0 Å². The lowest BCUT2D eigenvalue weighted by molar-refractivity contribution is -0.0490. The number of benzene rings is 1. The molecule has 2 aliphatic rings. The van der Waals surface area contributed by atoms with Crippen LogP contribution >= 0.6 is 0 Å². The molecule has 1 saturated heterocycles. The summed E-state index contributed by atoms with van der Waals surface area (Å²) in [7, 11) is 1.92. The number of morpholine rings is 1. The molecule has 176 valence electrons. The molecule has 0 atom stereocenters. The molecule has 1 N–H and O–H groups in total. The molecule has 1 saturated carbocycles. The molecule has 3 aromatic heterocycles. The monoisotopic (exact) mass is 459 g/mol. The Bertz CT molecular complexity index is 1350. The molecule has 4 aromatic rings. The van der Waals surface area contributed by atoms with Gasteiger partial charge in [-0.25, -0.2) is 15.0 Å². The van der Waals surface area contributed by atoms with Crippen LogP contribution in [0.1, 0.15) is 32.0 Å². The Morgan fingerprint density at radius 1 is 1.06 bits per heavy atom. The van der Waals surface area contributed by atoms with Gasteiger partial charge in [0.05, 0.1) is 18.9 Å². The maximum absolute atomic E-state index is 11.2. The number of aryl methyl sites for hydroxylation is 2. The van der Waals surface area contributed by atoms with Crippen molar-refractivity contribution in [2.24, 2.45) is 7.05 Å². The number of rotatable bonds is 5. The van der Waals surface area contributed by atoms with Gasteiger partial charge in [-0.15, -0.1) is 0 Å². The van der Waals surface area contributed by atoms with Crippen molar-refractivity contribution in [2.45, 2.75) is 38.3 Å². The number of imidazole rings is 1. The molecule has 2 fully saturated rings. The second kappa shape index (κ2) is 8.18. The molecule has 1 aromatic carbocycles. The smallest absolute Gasteiger partial charge is 0.166 e. The third-order valence-electron chi connectivity index (χ3n) is 6.93. The van der Waals surface area contributed by atoms with Crippen molar-refractivity contribution in [3.05, 3.63) is 42.4 Å². The third-order valence-corrected chi connectivity index (χ3v) is 6.93. The predicted molar refractivity (Wildman–Crippen MR) is 129 cm³/mol. The van der Waals surface area contributed by atoms with Crippen LogP contribution in [0.4, 0.5) is 5.82 Å². The summed E-state index contributed by atoms with van der Waals surface area (Å²) >= 11 is 0. The number of aliphatic hydroxyl groups is 1. The van der Waals surface area contributed by atoms with Gasteiger partial charge < -0.3 is 19.3 Å². The quantitative estimate of drug-likeness (QED) is 0.490. The number of aromatic nitrogens is 6. The Morgan fingerprint density at radius 2 is 1.85 bits per heavy atom. The number of nitrogens with zero attached hydrogens (tertiary/aromatic N) is 7. The van der Waals surface area contributed by atoms with E-state index < -0.39 is 5.60 Å². The van der Waals surface area contributed by atoms with E-state index in [1.54, 1.807) is 4.68 Å². The molecule has 9 nitrogen and oxygen atoms in total. The first-order valence-corrected chi connectivity index (χ1v) is 12.0. The Balaban J connectivity index is 1.54. The average molecular weight is 460 g/mol. The first kappa shape index (κ1) is 21.2. The van der Waals surface area contributed by atoms with E-state index in [0.29, 0.717) is 31.4 Å². The fourth-order valence-electron chi connectivity index (χ4n) is 4.89. The number of hydrogen-bond donors (Lipinski definition) is 1. The van der Waals surface area contributed by atoms with E-state index >= 15 is 0 Å². The minimum atomic E-state index is -0.877. The molecule has 1 aliphatic heterocycles. The molecule has 6 rings (SSSR count). The summed E-state index contributed by atoms with van der Waals surface area (Å²) in [6.45, 7) is 5.56. The van der Waals surface area contributed by atoms with Gasteiger partial charge in [0.2, 0.25) is 0 Å². The summed E-state index contributed by atoms with van der Waals surface area (Å²) in [5.41, 5.74) is 3.50. The Morgan fingerprint density at radius 3 is 2.53 bits per heavy atom. The highest BCUT2D eigenvalue weighted by molar-refractivity contribution is 5.87. The van der Waals surface area contributed by atoms with Gasteiger partial charge in [0.1, 0.15) is 11.4 Å². The normalized spacial score (nSPS) is 17.8.